The summed E-state index contributed by atoms with van der Waals surface area (Å²) in [6.45, 7) is 6.42. The van der Waals surface area contributed by atoms with Crippen molar-refractivity contribution >= 4 is 12.0 Å². The maximum Gasteiger partial charge on any atom is 0.417 e. The molecule has 1 heterocycles. The fourth-order valence-electron chi connectivity index (χ4n) is 4.05. The van der Waals surface area contributed by atoms with E-state index in [0.29, 0.717) is 18.4 Å². The van der Waals surface area contributed by atoms with E-state index in [1.165, 1.54) is 10.5 Å². The van der Waals surface area contributed by atoms with Gasteiger partial charge < -0.3 is 9.64 Å². The van der Waals surface area contributed by atoms with Gasteiger partial charge in [-0.2, -0.15) is 0 Å². The number of rotatable bonds is 7. The molecule has 0 aliphatic carbocycles. The Balaban J connectivity index is 1.77. The minimum absolute atomic E-state index is 0.222. The molecule has 176 valence electrons. The smallest absolute Gasteiger partial charge is 0.417 e. The number of unbranched alkanes of at least 4 members (excludes halogenated alkanes) is 1. The van der Waals surface area contributed by atoms with Crippen molar-refractivity contribution < 1.29 is 14.3 Å². The first-order valence-corrected chi connectivity index (χ1v) is 11.7. The van der Waals surface area contributed by atoms with Crippen LogP contribution in [0.4, 0.5) is 4.79 Å². The zero-order chi connectivity index (χ0) is 24.0. The Kier molecular flexibility index (Phi) is 8.09. The summed E-state index contributed by atoms with van der Waals surface area (Å²) in [5, 5.41) is 0. The molecular weight excluding hydrogens is 412 g/mol. The number of ether oxygens (including phenoxy) is 1. The number of nitrogens with zero attached hydrogens (tertiary/aromatic N) is 2. The van der Waals surface area contributed by atoms with Crippen LogP contribution in [0.5, 0.6) is 0 Å². The summed E-state index contributed by atoms with van der Waals surface area (Å²) in [5.74, 6) is -0.222. The maximum atomic E-state index is 13.1. The first-order chi connectivity index (χ1) is 15.6. The summed E-state index contributed by atoms with van der Waals surface area (Å²) in [4.78, 5) is 29.5. The quantitative estimate of drug-likeness (QED) is 0.403. The summed E-state index contributed by atoms with van der Waals surface area (Å²) in [7, 11) is 4.08. The van der Waals surface area contributed by atoms with Crippen LogP contribution in [0.15, 0.2) is 66.2 Å². The Morgan fingerprint density at radius 1 is 1.06 bits per heavy atom. The minimum Gasteiger partial charge on any atom is -0.443 e. The minimum atomic E-state index is -0.655. The Bertz CT molecular complexity index is 972. The molecule has 33 heavy (non-hydrogen) atoms. The van der Waals surface area contributed by atoms with Gasteiger partial charge in [-0.3, -0.25) is 4.79 Å². The zero-order valence-corrected chi connectivity index (χ0v) is 20.5. The molecule has 2 amide bonds. The van der Waals surface area contributed by atoms with Crippen LogP contribution in [0.1, 0.15) is 45.6 Å². The molecule has 0 spiro atoms. The molecule has 5 nitrogen and oxygen atoms in total. The topological polar surface area (TPSA) is 49.9 Å². The molecule has 0 radical (unpaired) electrons. The number of hydrogen-bond donors (Lipinski definition) is 0. The largest absolute Gasteiger partial charge is 0.443 e. The van der Waals surface area contributed by atoms with Gasteiger partial charge in [0, 0.05) is 5.57 Å². The normalized spacial score (nSPS) is 17.8. The summed E-state index contributed by atoms with van der Waals surface area (Å²) >= 11 is 0. The highest BCUT2D eigenvalue weighted by molar-refractivity contribution is 6.05. The summed E-state index contributed by atoms with van der Waals surface area (Å²) in [6, 6.07) is 18.3. The first kappa shape index (κ1) is 24.7. The maximum absolute atomic E-state index is 13.1. The third-order valence-corrected chi connectivity index (χ3v) is 5.64. The van der Waals surface area contributed by atoms with E-state index in [1.54, 1.807) is 0 Å². The number of carbonyl (C=O) groups is 2. The molecule has 2 aromatic carbocycles. The van der Waals surface area contributed by atoms with Crippen molar-refractivity contribution in [3.63, 3.8) is 0 Å². The van der Waals surface area contributed by atoms with Crippen LogP contribution in [0.3, 0.4) is 0 Å². The molecule has 0 N–H and O–H groups in total. The van der Waals surface area contributed by atoms with E-state index >= 15 is 0 Å². The molecule has 1 saturated heterocycles. The zero-order valence-electron chi connectivity index (χ0n) is 20.5. The molecular formula is C28H36N2O3. The van der Waals surface area contributed by atoms with Crippen LogP contribution in [-0.2, 0) is 16.0 Å². The highest BCUT2D eigenvalue weighted by atomic mass is 16.6. The Hall–Kier alpha value is -2.92. The predicted molar refractivity (Wildman–Crippen MR) is 133 cm³/mol. The monoisotopic (exact) mass is 448 g/mol. The van der Waals surface area contributed by atoms with Gasteiger partial charge in [0.1, 0.15) is 5.60 Å². The van der Waals surface area contributed by atoms with Crippen LogP contribution in [0.2, 0.25) is 0 Å². The molecule has 0 bridgehead atoms. The van der Waals surface area contributed by atoms with E-state index in [1.807, 2.05) is 59.1 Å². The summed E-state index contributed by atoms with van der Waals surface area (Å²) in [6.07, 6.45) is 4.40. The van der Waals surface area contributed by atoms with Crippen molar-refractivity contribution in [2.45, 2.75) is 58.1 Å². The van der Waals surface area contributed by atoms with Crippen LogP contribution in [-0.4, -0.2) is 54.1 Å². The van der Waals surface area contributed by atoms with Gasteiger partial charge in [0.25, 0.3) is 5.91 Å². The van der Waals surface area contributed by atoms with Crippen molar-refractivity contribution in [1.82, 2.24) is 9.80 Å². The second-order valence-corrected chi connectivity index (χ2v) is 9.96. The van der Waals surface area contributed by atoms with Crippen LogP contribution in [0, 0.1) is 0 Å². The van der Waals surface area contributed by atoms with Gasteiger partial charge in [-0.25, -0.2) is 9.69 Å². The van der Waals surface area contributed by atoms with Gasteiger partial charge in [-0.05, 0) is 83.8 Å². The lowest BCUT2D eigenvalue weighted by Gasteiger charge is -2.27. The number of benzene rings is 2. The summed E-state index contributed by atoms with van der Waals surface area (Å²) in [5.41, 5.74) is 3.46. The van der Waals surface area contributed by atoms with Gasteiger partial charge in [-0.15, -0.1) is 0 Å². The Labute approximate surface area is 198 Å². The molecule has 1 unspecified atom stereocenters. The average molecular weight is 449 g/mol. The van der Waals surface area contributed by atoms with Gasteiger partial charge in [0.05, 0.1) is 6.04 Å². The lowest BCUT2D eigenvalue weighted by molar-refractivity contribution is -0.125. The van der Waals surface area contributed by atoms with Gasteiger partial charge in [0.15, 0.2) is 0 Å². The number of allylic oxidation sites excluding steroid dienone is 1. The molecule has 1 aliphatic rings. The molecule has 0 aromatic heterocycles. The van der Waals surface area contributed by atoms with Gasteiger partial charge in [0.2, 0.25) is 0 Å². The fourth-order valence-corrected chi connectivity index (χ4v) is 4.05. The van der Waals surface area contributed by atoms with E-state index in [4.69, 9.17) is 4.74 Å². The van der Waals surface area contributed by atoms with Crippen molar-refractivity contribution in [3.8, 4) is 11.1 Å². The lowest BCUT2D eigenvalue weighted by Crippen LogP contribution is -2.43. The molecule has 3 rings (SSSR count). The first-order valence-electron chi connectivity index (χ1n) is 11.7. The second-order valence-electron chi connectivity index (χ2n) is 9.96. The van der Waals surface area contributed by atoms with Gasteiger partial charge in [-0.1, -0.05) is 60.7 Å². The lowest BCUT2D eigenvalue weighted by atomic mass is 9.99. The van der Waals surface area contributed by atoms with Crippen LogP contribution in [0.25, 0.3) is 11.1 Å². The van der Waals surface area contributed by atoms with Crippen molar-refractivity contribution in [3.05, 3.63) is 71.8 Å². The average Bonchev–Trinajstić information content (AvgIpc) is 3.06. The highest BCUT2D eigenvalue weighted by Crippen LogP contribution is 2.30. The Morgan fingerprint density at radius 2 is 1.70 bits per heavy atom. The number of hydrogen-bond acceptors (Lipinski definition) is 4. The molecule has 1 atom stereocenters. The third kappa shape index (κ3) is 7.03. The van der Waals surface area contributed by atoms with E-state index in [2.05, 4.69) is 41.3 Å². The van der Waals surface area contributed by atoms with Crippen molar-refractivity contribution in [2.24, 2.45) is 0 Å². The van der Waals surface area contributed by atoms with E-state index in [-0.39, 0.29) is 11.9 Å². The molecule has 1 fully saturated rings. The number of carbonyl (C=O) groups excluding carboxylic acids is 2. The molecule has 0 saturated carbocycles. The van der Waals surface area contributed by atoms with E-state index < -0.39 is 11.7 Å². The van der Waals surface area contributed by atoms with Crippen molar-refractivity contribution in [1.29, 1.82) is 0 Å². The molecule has 5 heteroatoms. The second kappa shape index (κ2) is 10.8. The predicted octanol–water partition coefficient (Wildman–Crippen LogP) is 5.70. The molecule has 1 aliphatic heterocycles. The fraction of sp³-hybridized carbons (Fsp3) is 0.429. The number of likely N-dealkylation sites (tertiary alicyclic amines) is 1. The van der Waals surface area contributed by atoms with Gasteiger partial charge >= 0.3 is 6.09 Å². The summed E-state index contributed by atoms with van der Waals surface area (Å²) < 4.78 is 5.57. The highest BCUT2D eigenvalue weighted by Gasteiger charge is 2.41. The van der Waals surface area contributed by atoms with E-state index in [0.717, 1.165) is 30.5 Å². The van der Waals surface area contributed by atoms with E-state index in [9.17, 15) is 9.59 Å². The number of imide groups is 1. The van der Waals surface area contributed by atoms with Crippen LogP contribution < -0.4 is 0 Å². The number of amides is 2. The Morgan fingerprint density at radius 3 is 2.30 bits per heavy atom. The molecule has 2 aromatic rings. The van der Waals surface area contributed by atoms with Crippen LogP contribution >= 0.6 is 0 Å². The SMILES string of the molecule is CN(C)CCC/C=C1\CC(Cc2ccc(-c3ccccc3)cc2)N(C(=O)OC(C)(C)C)C1=O. The standard InChI is InChI=1S/C28H36N2O3/c1-28(2,3)33-27(32)30-25(20-24(26(30)31)13-9-10-18-29(4)5)19-21-14-16-23(17-15-21)22-11-7-6-8-12-22/h6-8,11-17,25H,9-10,18-20H2,1-5H3/b24-13+. The van der Waals surface area contributed by atoms with Crippen molar-refractivity contribution in [2.75, 3.05) is 20.6 Å². The third-order valence-electron chi connectivity index (χ3n) is 5.64.